The van der Waals surface area contributed by atoms with Gasteiger partial charge in [0.25, 0.3) is 5.92 Å². The van der Waals surface area contributed by atoms with Gasteiger partial charge in [-0.05, 0) is 18.8 Å². The average molecular weight is 432 g/mol. The molecular weight excluding hydrogens is 411 g/mol. The molecule has 0 amide bonds. The number of hydrogen-bond acceptors (Lipinski definition) is 6. The Morgan fingerprint density at radius 3 is 2.57 bits per heavy atom. The molecule has 2 atom stereocenters. The van der Waals surface area contributed by atoms with Crippen LogP contribution in [0.25, 0.3) is 0 Å². The van der Waals surface area contributed by atoms with Crippen LogP contribution >= 0.6 is 0 Å². The van der Waals surface area contributed by atoms with Crippen LogP contribution < -0.4 is 9.80 Å². The van der Waals surface area contributed by atoms with Gasteiger partial charge in [0.2, 0.25) is 0 Å². The molecule has 3 aliphatic rings. The topological polar surface area (TPSA) is 72.6 Å². The summed E-state index contributed by atoms with van der Waals surface area (Å²) in [5.41, 5.74) is -0.717. The zero-order valence-corrected chi connectivity index (χ0v) is 16.2. The highest BCUT2D eigenvalue weighted by Gasteiger charge is 2.52. The highest BCUT2D eigenvalue weighted by atomic mass is 19.4. The molecule has 1 aromatic rings. The van der Waals surface area contributed by atoms with Crippen LogP contribution in [0.2, 0.25) is 0 Å². The summed E-state index contributed by atoms with van der Waals surface area (Å²) in [5.74, 6) is -3.35. The van der Waals surface area contributed by atoms with Crippen LogP contribution in [0.1, 0.15) is 36.0 Å². The number of nitrogens with zero attached hydrogens (tertiary/aromatic N) is 4. The number of halogens is 5. The molecular formula is C19H21F5N4O2. The zero-order chi connectivity index (χ0) is 21.8. The van der Waals surface area contributed by atoms with Gasteiger partial charge in [-0.1, -0.05) is 0 Å². The quantitative estimate of drug-likeness (QED) is 0.570. The molecule has 1 N–H and O–H groups in total. The number of anilines is 2. The molecule has 0 spiro atoms. The van der Waals surface area contributed by atoms with E-state index in [0.29, 0.717) is 19.5 Å². The summed E-state index contributed by atoms with van der Waals surface area (Å²) in [4.78, 5) is 6.95. The third-order valence-corrected chi connectivity index (χ3v) is 6.16. The number of aliphatic hydroxyl groups excluding tert-OH is 1. The maximum absolute atomic E-state index is 14.7. The van der Waals surface area contributed by atoms with Crippen molar-refractivity contribution in [2.45, 2.75) is 50.1 Å². The molecule has 6 nitrogen and oxygen atoms in total. The Balaban J connectivity index is 1.72. The summed E-state index contributed by atoms with van der Waals surface area (Å²) in [7, 11) is 1.37. The van der Waals surface area contributed by atoms with Crippen molar-refractivity contribution in [3.05, 3.63) is 16.7 Å². The Morgan fingerprint density at radius 1 is 1.33 bits per heavy atom. The van der Waals surface area contributed by atoms with Gasteiger partial charge in [-0.3, -0.25) is 0 Å². The molecule has 2 unspecified atom stereocenters. The van der Waals surface area contributed by atoms with Crippen molar-refractivity contribution in [2.24, 2.45) is 5.92 Å². The largest absolute Gasteiger partial charge is 0.408 e. The number of aromatic nitrogens is 1. The summed E-state index contributed by atoms with van der Waals surface area (Å²) >= 11 is 0. The zero-order valence-electron chi connectivity index (χ0n) is 16.2. The Labute approximate surface area is 169 Å². The Kier molecular flexibility index (Phi) is 5.05. The normalized spacial score (nSPS) is 24.1. The average Bonchev–Trinajstić information content (AvgIpc) is 2.90. The van der Waals surface area contributed by atoms with E-state index in [9.17, 15) is 32.3 Å². The molecule has 2 aliphatic heterocycles. The summed E-state index contributed by atoms with van der Waals surface area (Å²) in [6.45, 7) is 0.831. The van der Waals surface area contributed by atoms with Gasteiger partial charge in [-0.15, -0.1) is 0 Å². The fourth-order valence-corrected chi connectivity index (χ4v) is 4.48. The fourth-order valence-electron chi connectivity index (χ4n) is 4.48. The van der Waals surface area contributed by atoms with E-state index in [1.807, 2.05) is 0 Å². The molecule has 30 heavy (non-hydrogen) atoms. The summed E-state index contributed by atoms with van der Waals surface area (Å²) in [5, 5.41) is 19.2. The van der Waals surface area contributed by atoms with E-state index < -0.39 is 42.0 Å². The van der Waals surface area contributed by atoms with E-state index in [-0.39, 0.29) is 42.5 Å². The highest BCUT2D eigenvalue weighted by Crippen LogP contribution is 2.50. The third-order valence-electron chi connectivity index (χ3n) is 6.16. The molecule has 11 heteroatoms. The lowest BCUT2D eigenvalue weighted by Gasteiger charge is -2.45. The summed E-state index contributed by atoms with van der Waals surface area (Å²) < 4.78 is 74.0. The minimum absolute atomic E-state index is 0.00168. The first-order chi connectivity index (χ1) is 14.1. The molecule has 0 saturated carbocycles. The molecule has 164 valence electrons. The van der Waals surface area contributed by atoms with E-state index in [4.69, 9.17) is 4.74 Å². The second-order valence-electron chi connectivity index (χ2n) is 8.04. The molecule has 3 heterocycles. The van der Waals surface area contributed by atoms with E-state index in [0.717, 1.165) is 4.90 Å². The second-order valence-corrected chi connectivity index (χ2v) is 8.04. The smallest absolute Gasteiger partial charge is 0.368 e. The Morgan fingerprint density at radius 2 is 2.03 bits per heavy atom. The fraction of sp³-hybridized carbons (Fsp3) is 0.684. The predicted octanol–water partition coefficient (Wildman–Crippen LogP) is 2.92. The van der Waals surface area contributed by atoms with E-state index in [2.05, 4.69) is 4.98 Å². The Hall–Kier alpha value is -2.19. The number of aliphatic hydroxyl groups is 1. The first-order valence-electron chi connectivity index (χ1n) is 9.71. The first-order valence-corrected chi connectivity index (χ1v) is 9.71. The van der Waals surface area contributed by atoms with Crippen LogP contribution in [0.3, 0.4) is 0 Å². The van der Waals surface area contributed by atoms with Crippen molar-refractivity contribution in [3.63, 3.8) is 0 Å². The van der Waals surface area contributed by atoms with Gasteiger partial charge in [0.1, 0.15) is 29.3 Å². The van der Waals surface area contributed by atoms with Crippen molar-refractivity contribution < 1.29 is 31.8 Å². The Bertz CT molecular complexity index is 879. The molecule has 0 radical (unpaired) electrons. The van der Waals surface area contributed by atoms with Crippen LogP contribution in [0.4, 0.5) is 33.6 Å². The molecule has 1 aliphatic carbocycles. The number of hydrogen-bond donors (Lipinski definition) is 1. The van der Waals surface area contributed by atoms with Gasteiger partial charge in [-0.25, -0.2) is 13.8 Å². The standard InChI is InChI=1S/C19H21F5N4O2/c1-30-14(29)6-10-8-27(9-10)16-11-2-4-18(20,21)15(11)12(7-25)17(26-16)28-5-3-13(28)19(22,23)24/h10,13-14,29H,2-6,8-9H2,1H3. The van der Waals surface area contributed by atoms with Crippen LogP contribution in [0.15, 0.2) is 0 Å². The van der Waals surface area contributed by atoms with E-state index >= 15 is 0 Å². The minimum atomic E-state index is -4.54. The van der Waals surface area contributed by atoms with Crippen LogP contribution in [0.5, 0.6) is 0 Å². The molecule has 4 rings (SSSR count). The number of pyridine rings is 1. The number of alkyl halides is 5. The van der Waals surface area contributed by atoms with Crippen LogP contribution in [-0.4, -0.2) is 55.3 Å². The molecule has 0 aromatic carbocycles. The number of methoxy groups -OCH3 is 1. The number of rotatable bonds is 5. The number of fused-ring (bicyclic) bond motifs is 1. The van der Waals surface area contributed by atoms with Crippen molar-refractivity contribution in [3.8, 4) is 6.07 Å². The van der Waals surface area contributed by atoms with Gasteiger partial charge in [-0.2, -0.15) is 18.4 Å². The highest BCUT2D eigenvalue weighted by molar-refractivity contribution is 5.71. The van der Waals surface area contributed by atoms with Crippen LogP contribution in [0, 0.1) is 17.2 Å². The van der Waals surface area contributed by atoms with Crippen molar-refractivity contribution in [1.82, 2.24) is 4.98 Å². The summed E-state index contributed by atoms with van der Waals surface area (Å²) in [6.07, 6.45) is -5.78. The lowest BCUT2D eigenvalue weighted by Crippen LogP contribution is -2.57. The van der Waals surface area contributed by atoms with Gasteiger partial charge in [0.15, 0.2) is 6.29 Å². The molecule has 0 bridgehead atoms. The van der Waals surface area contributed by atoms with Gasteiger partial charge < -0.3 is 19.6 Å². The maximum Gasteiger partial charge on any atom is 0.408 e. The van der Waals surface area contributed by atoms with Gasteiger partial charge >= 0.3 is 6.18 Å². The SMILES string of the molecule is COC(O)CC1CN(c2nc(N3CCC3C(F)(F)F)c(C#N)c3c2CCC3(F)F)C1. The van der Waals surface area contributed by atoms with Crippen molar-refractivity contribution >= 4 is 11.6 Å². The maximum atomic E-state index is 14.7. The predicted molar refractivity (Wildman–Crippen MR) is 96.3 cm³/mol. The molecule has 1 aromatic heterocycles. The third kappa shape index (κ3) is 3.36. The number of ether oxygens (including phenoxy) is 1. The van der Waals surface area contributed by atoms with E-state index in [1.54, 1.807) is 11.0 Å². The first kappa shape index (κ1) is 21.1. The lowest BCUT2D eigenvalue weighted by molar-refractivity contribution is -0.159. The van der Waals surface area contributed by atoms with Crippen molar-refractivity contribution in [2.75, 3.05) is 36.5 Å². The van der Waals surface area contributed by atoms with E-state index in [1.165, 1.54) is 7.11 Å². The second kappa shape index (κ2) is 7.20. The van der Waals surface area contributed by atoms with Crippen molar-refractivity contribution in [1.29, 1.82) is 5.26 Å². The van der Waals surface area contributed by atoms with Gasteiger partial charge in [0, 0.05) is 50.7 Å². The molecule has 2 saturated heterocycles. The monoisotopic (exact) mass is 432 g/mol. The number of nitriles is 1. The van der Waals surface area contributed by atoms with Crippen LogP contribution in [-0.2, 0) is 17.1 Å². The molecule has 2 fully saturated rings. The summed E-state index contributed by atoms with van der Waals surface area (Å²) in [6, 6.07) is -0.137. The minimum Gasteiger partial charge on any atom is -0.368 e. The van der Waals surface area contributed by atoms with Gasteiger partial charge in [0.05, 0.1) is 0 Å². The lowest BCUT2D eigenvalue weighted by atomic mass is 9.93.